The molecule has 3 rings (SSSR count). The molecule has 0 saturated carbocycles. The molecule has 0 unspecified atom stereocenters. The SMILES string of the molecule is CC[C@H](C)C(=O)N=C1S[C@H]2CS(=O)(=O)C[C@H]2N1c1cccc(C(F)(F)F)c1. The topological polar surface area (TPSA) is 66.8 Å². The van der Waals surface area contributed by atoms with Crippen LogP contribution in [-0.4, -0.2) is 42.3 Å². The summed E-state index contributed by atoms with van der Waals surface area (Å²) >= 11 is 1.15. The third-order valence-corrected chi connectivity index (χ3v) is 7.97. The summed E-state index contributed by atoms with van der Waals surface area (Å²) in [5.41, 5.74) is -0.639. The Morgan fingerprint density at radius 2 is 2.07 bits per heavy atom. The summed E-state index contributed by atoms with van der Waals surface area (Å²) in [6.45, 7) is 3.57. The minimum Gasteiger partial charge on any atom is -0.316 e. The van der Waals surface area contributed by atoms with Gasteiger partial charge in [-0.3, -0.25) is 4.79 Å². The van der Waals surface area contributed by atoms with Gasteiger partial charge in [-0.05, 0) is 24.6 Å². The zero-order valence-electron chi connectivity index (χ0n) is 14.7. The maximum Gasteiger partial charge on any atom is 0.416 e. The molecule has 0 aliphatic carbocycles. The number of aliphatic imine (C=N–C) groups is 1. The Balaban J connectivity index is 2.04. The number of benzene rings is 1. The highest BCUT2D eigenvalue weighted by atomic mass is 32.2. The van der Waals surface area contributed by atoms with Crippen molar-refractivity contribution in [1.29, 1.82) is 0 Å². The summed E-state index contributed by atoms with van der Waals surface area (Å²) < 4.78 is 63.3. The van der Waals surface area contributed by atoms with Gasteiger partial charge in [0, 0.05) is 16.9 Å². The summed E-state index contributed by atoms with van der Waals surface area (Å²) in [6, 6.07) is 4.14. The number of rotatable bonds is 3. The highest BCUT2D eigenvalue weighted by Gasteiger charge is 2.49. The van der Waals surface area contributed by atoms with Crippen LogP contribution in [0.2, 0.25) is 0 Å². The first kappa shape index (κ1) is 20.2. The van der Waals surface area contributed by atoms with E-state index in [2.05, 4.69) is 4.99 Å². The summed E-state index contributed by atoms with van der Waals surface area (Å²) in [7, 11) is -3.28. The Bertz CT molecular complexity index is 884. The van der Waals surface area contributed by atoms with E-state index in [1.54, 1.807) is 6.92 Å². The normalized spacial score (nSPS) is 27.0. The van der Waals surface area contributed by atoms with Crippen molar-refractivity contribution in [1.82, 2.24) is 0 Å². The van der Waals surface area contributed by atoms with E-state index in [1.165, 1.54) is 17.0 Å². The second-order valence-electron chi connectivity index (χ2n) is 6.76. The van der Waals surface area contributed by atoms with Crippen LogP contribution in [0, 0.1) is 5.92 Å². The zero-order valence-corrected chi connectivity index (χ0v) is 16.4. The van der Waals surface area contributed by atoms with Crippen molar-refractivity contribution in [3.8, 4) is 0 Å². The number of sulfone groups is 1. The lowest BCUT2D eigenvalue weighted by Crippen LogP contribution is -2.38. The number of nitrogens with zero attached hydrogens (tertiary/aromatic N) is 2. The molecule has 1 amide bonds. The molecular weight excluding hydrogens is 401 g/mol. The average Bonchev–Trinajstić information content (AvgIpc) is 3.04. The van der Waals surface area contributed by atoms with Crippen LogP contribution >= 0.6 is 11.8 Å². The van der Waals surface area contributed by atoms with Crippen LogP contribution in [0.1, 0.15) is 25.8 Å². The minimum absolute atomic E-state index is 0.0751. The number of anilines is 1. The largest absolute Gasteiger partial charge is 0.416 e. The average molecular weight is 420 g/mol. The van der Waals surface area contributed by atoms with Gasteiger partial charge in [-0.2, -0.15) is 18.2 Å². The predicted octanol–water partition coefficient (Wildman–Crippen LogP) is 3.35. The molecule has 0 bridgehead atoms. The number of hydrogen-bond donors (Lipinski definition) is 0. The first-order chi connectivity index (χ1) is 12.5. The number of thioether (sulfide) groups is 1. The van der Waals surface area contributed by atoms with Crippen molar-refractivity contribution < 1.29 is 26.4 Å². The molecule has 0 aromatic heterocycles. The standard InChI is InChI=1S/C17H19F3N2O3S2/c1-3-10(2)15(23)21-16-22(13-8-27(24,25)9-14(13)26-16)12-6-4-5-11(7-12)17(18,19)20/h4-7,10,13-14H,3,8-9H2,1-2H3/t10-,13+,14-/m0/s1. The number of carbonyl (C=O) groups excluding carboxylic acids is 1. The molecular formula is C17H19F3N2O3S2. The Morgan fingerprint density at radius 3 is 2.70 bits per heavy atom. The fourth-order valence-corrected chi connectivity index (χ4v) is 7.00. The van der Waals surface area contributed by atoms with Crippen LogP contribution in [-0.2, 0) is 20.8 Å². The zero-order chi connectivity index (χ0) is 20.0. The van der Waals surface area contributed by atoms with Gasteiger partial charge in [-0.1, -0.05) is 31.7 Å². The van der Waals surface area contributed by atoms with E-state index < -0.39 is 27.6 Å². The second-order valence-corrected chi connectivity index (χ2v) is 10.1. The van der Waals surface area contributed by atoms with E-state index >= 15 is 0 Å². The molecule has 10 heteroatoms. The minimum atomic E-state index is -4.52. The molecule has 27 heavy (non-hydrogen) atoms. The van der Waals surface area contributed by atoms with Crippen LogP contribution in [0.4, 0.5) is 18.9 Å². The molecule has 148 valence electrons. The third-order valence-electron chi connectivity index (χ3n) is 4.76. The van der Waals surface area contributed by atoms with Crippen LogP contribution in [0.15, 0.2) is 29.3 Å². The van der Waals surface area contributed by atoms with Gasteiger partial charge < -0.3 is 4.90 Å². The molecule has 2 aliphatic rings. The van der Waals surface area contributed by atoms with Crippen LogP contribution < -0.4 is 4.90 Å². The molecule has 5 nitrogen and oxygen atoms in total. The van der Waals surface area contributed by atoms with Gasteiger partial charge in [0.25, 0.3) is 5.91 Å². The van der Waals surface area contributed by atoms with E-state index in [4.69, 9.17) is 0 Å². The number of amides is 1. The Morgan fingerprint density at radius 1 is 1.37 bits per heavy atom. The van der Waals surface area contributed by atoms with Gasteiger partial charge in [0.1, 0.15) is 0 Å². The number of hydrogen-bond acceptors (Lipinski definition) is 4. The Kier molecular flexibility index (Phi) is 5.33. The fraction of sp³-hybridized carbons (Fsp3) is 0.529. The van der Waals surface area contributed by atoms with Crippen molar-refractivity contribution in [2.24, 2.45) is 10.9 Å². The maximum absolute atomic E-state index is 13.1. The molecule has 0 radical (unpaired) electrons. The lowest BCUT2D eigenvalue weighted by atomic mass is 10.1. The summed E-state index contributed by atoms with van der Waals surface area (Å²) in [6.07, 6.45) is -3.93. The van der Waals surface area contributed by atoms with Crippen molar-refractivity contribution >= 4 is 38.4 Å². The van der Waals surface area contributed by atoms with Gasteiger partial charge in [0.05, 0.1) is 23.1 Å². The summed E-state index contributed by atoms with van der Waals surface area (Å²) in [5, 5.41) is -0.0856. The molecule has 0 spiro atoms. The highest BCUT2D eigenvalue weighted by molar-refractivity contribution is 8.16. The van der Waals surface area contributed by atoms with Crippen molar-refractivity contribution in [2.45, 2.75) is 37.7 Å². The van der Waals surface area contributed by atoms with E-state index in [1.807, 2.05) is 6.92 Å². The van der Waals surface area contributed by atoms with Crippen LogP contribution in [0.5, 0.6) is 0 Å². The number of amidine groups is 1. The van der Waals surface area contributed by atoms with Crippen molar-refractivity contribution in [3.05, 3.63) is 29.8 Å². The van der Waals surface area contributed by atoms with E-state index in [0.717, 1.165) is 23.9 Å². The first-order valence-electron chi connectivity index (χ1n) is 8.48. The first-order valence-corrected chi connectivity index (χ1v) is 11.2. The second kappa shape index (κ2) is 7.12. The molecule has 1 aromatic carbocycles. The Hall–Kier alpha value is -1.55. The number of halogens is 3. The molecule has 2 heterocycles. The molecule has 2 fully saturated rings. The maximum atomic E-state index is 13.1. The van der Waals surface area contributed by atoms with Gasteiger partial charge in [-0.15, -0.1) is 0 Å². The molecule has 2 saturated heterocycles. The lowest BCUT2D eigenvalue weighted by molar-refractivity contribution is -0.137. The smallest absolute Gasteiger partial charge is 0.316 e. The van der Waals surface area contributed by atoms with E-state index in [-0.39, 0.29) is 39.4 Å². The number of fused-ring (bicyclic) bond motifs is 1. The summed E-state index contributed by atoms with van der Waals surface area (Å²) in [4.78, 5) is 17.9. The lowest BCUT2D eigenvalue weighted by Gasteiger charge is -2.25. The van der Waals surface area contributed by atoms with E-state index in [0.29, 0.717) is 6.42 Å². The van der Waals surface area contributed by atoms with Crippen LogP contribution in [0.3, 0.4) is 0 Å². The molecule has 3 atom stereocenters. The monoisotopic (exact) mass is 420 g/mol. The molecule has 0 N–H and O–H groups in total. The quantitative estimate of drug-likeness (QED) is 0.750. The van der Waals surface area contributed by atoms with Crippen molar-refractivity contribution in [2.75, 3.05) is 16.4 Å². The van der Waals surface area contributed by atoms with Gasteiger partial charge in [-0.25, -0.2) is 8.42 Å². The fourth-order valence-electron chi connectivity index (χ4n) is 3.08. The van der Waals surface area contributed by atoms with Crippen LogP contribution in [0.25, 0.3) is 0 Å². The van der Waals surface area contributed by atoms with Gasteiger partial charge in [0.15, 0.2) is 15.0 Å². The van der Waals surface area contributed by atoms with Crippen molar-refractivity contribution in [3.63, 3.8) is 0 Å². The molecule has 2 aliphatic heterocycles. The van der Waals surface area contributed by atoms with Gasteiger partial charge >= 0.3 is 6.18 Å². The Labute approximate surface area is 159 Å². The predicted molar refractivity (Wildman–Crippen MR) is 99.6 cm³/mol. The highest BCUT2D eigenvalue weighted by Crippen LogP contribution is 2.42. The number of alkyl halides is 3. The summed E-state index contributed by atoms with van der Waals surface area (Å²) in [5.74, 6) is -0.920. The number of carbonyl (C=O) groups is 1. The van der Waals surface area contributed by atoms with E-state index in [9.17, 15) is 26.4 Å². The third kappa shape index (κ3) is 4.16. The molecule has 1 aromatic rings. The van der Waals surface area contributed by atoms with Gasteiger partial charge in [0.2, 0.25) is 0 Å².